The van der Waals surface area contributed by atoms with Gasteiger partial charge in [-0.1, -0.05) is 24.3 Å². The van der Waals surface area contributed by atoms with Crippen LogP contribution in [-0.4, -0.2) is 46.5 Å². The van der Waals surface area contributed by atoms with Crippen molar-refractivity contribution in [1.82, 2.24) is 14.4 Å². The highest BCUT2D eigenvalue weighted by Crippen LogP contribution is 2.29. The molecule has 27 heavy (non-hydrogen) atoms. The molecule has 8 heteroatoms. The van der Waals surface area contributed by atoms with Gasteiger partial charge in [0.15, 0.2) is 0 Å². The summed E-state index contributed by atoms with van der Waals surface area (Å²) < 4.78 is 39.8. The number of aromatic nitrogens is 1. The van der Waals surface area contributed by atoms with Gasteiger partial charge in [-0.05, 0) is 17.7 Å². The lowest BCUT2D eigenvalue weighted by molar-refractivity contribution is -0.137. The molecule has 0 radical (unpaired) electrons. The zero-order valence-electron chi connectivity index (χ0n) is 14.7. The molecule has 1 aromatic heterocycles. The Bertz CT molecular complexity index is 856. The topological polar surface area (TPSA) is 45.6 Å². The fourth-order valence-corrected chi connectivity index (χ4v) is 3.10. The second-order valence-corrected chi connectivity index (χ2v) is 6.52. The van der Waals surface area contributed by atoms with Crippen molar-refractivity contribution >= 4 is 5.91 Å². The van der Waals surface area contributed by atoms with Crippen LogP contribution < -0.4 is 5.56 Å². The molecule has 0 bridgehead atoms. The Morgan fingerprint density at radius 3 is 2.41 bits per heavy atom. The van der Waals surface area contributed by atoms with E-state index in [0.29, 0.717) is 38.3 Å². The first-order chi connectivity index (χ1) is 12.8. The molecule has 0 N–H and O–H groups in total. The van der Waals surface area contributed by atoms with Crippen LogP contribution in [0, 0.1) is 0 Å². The molecular weight excluding hydrogens is 359 g/mol. The third-order valence-corrected chi connectivity index (χ3v) is 4.59. The average molecular weight is 379 g/mol. The first-order valence-electron chi connectivity index (χ1n) is 8.65. The van der Waals surface area contributed by atoms with Crippen LogP contribution in [0.2, 0.25) is 0 Å². The summed E-state index contributed by atoms with van der Waals surface area (Å²) in [7, 11) is 0. The summed E-state index contributed by atoms with van der Waals surface area (Å²) in [6, 6.07) is 10.0. The number of carbonyl (C=O) groups excluding carboxylic acids is 1. The van der Waals surface area contributed by atoms with Gasteiger partial charge in [0, 0.05) is 45.0 Å². The second-order valence-electron chi connectivity index (χ2n) is 6.52. The first-order valence-corrected chi connectivity index (χ1v) is 8.65. The van der Waals surface area contributed by atoms with Gasteiger partial charge in [0.25, 0.3) is 5.56 Å². The van der Waals surface area contributed by atoms with Crippen molar-refractivity contribution < 1.29 is 18.0 Å². The molecule has 0 unspecified atom stereocenters. The van der Waals surface area contributed by atoms with Gasteiger partial charge in [-0.3, -0.25) is 14.5 Å². The summed E-state index contributed by atoms with van der Waals surface area (Å²) in [6.45, 7) is 2.52. The molecule has 1 saturated heterocycles. The summed E-state index contributed by atoms with van der Waals surface area (Å²) in [5.74, 6) is -0.137. The van der Waals surface area contributed by atoms with E-state index in [1.807, 2.05) is 4.90 Å². The number of piperazine rings is 1. The maximum absolute atomic E-state index is 12.8. The molecule has 1 aliphatic rings. The first kappa shape index (κ1) is 19.2. The van der Waals surface area contributed by atoms with Crippen LogP contribution in [0.3, 0.4) is 0 Å². The van der Waals surface area contributed by atoms with Crippen molar-refractivity contribution in [2.45, 2.75) is 19.3 Å². The van der Waals surface area contributed by atoms with E-state index in [1.54, 1.807) is 29.3 Å². The summed E-state index contributed by atoms with van der Waals surface area (Å²) in [6.07, 6.45) is -2.78. The van der Waals surface area contributed by atoms with Crippen LogP contribution in [-0.2, 0) is 24.1 Å². The quantitative estimate of drug-likeness (QED) is 0.818. The van der Waals surface area contributed by atoms with E-state index >= 15 is 0 Å². The van der Waals surface area contributed by atoms with Crippen molar-refractivity contribution in [3.05, 3.63) is 70.1 Å². The molecule has 1 aliphatic heterocycles. The van der Waals surface area contributed by atoms with E-state index in [9.17, 15) is 22.8 Å². The molecule has 2 aromatic rings. The van der Waals surface area contributed by atoms with Gasteiger partial charge in [-0.2, -0.15) is 13.2 Å². The van der Waals surface area contributed by atoms with Crippen molar-refractivity contribution in [2.24, 2.45) is 0 Å². The summed E-state index contributed by atoms with van der Waals surface area (Å²) in [4.78, 5) is 27.8. The number of amides is 1. The molecule has 144 valence electrons. The number of carbonyl (C=O) groups is 1. The number of nitrogens with zero attached hydrogens (tertiary/aromatic N) is 3. The minimum atomic E-state index is -4.35. The highest BCUT2D eigenvalue weighted by molar-refractivity contribution is 5.76. The monoisotopic (exact) mass is 379 g/mol. The Hall–Kier alpha value is -2.61. The Labute approximate surface area is 154 Å². The molecular formula is C19H20F3N3O2. The number of hydrogen-bond acceptors (Lipinski definition) is 3. The molecule has 2 heterocycles. The van der Waals surface area contributed by atoms with Gasteiger partial charge < -0.3 is 9.47 Å². The van der Waals surface area contributed by atoms with Crippen LogP contribution in [0.1, 0.15) is 11.1 Å². The van der Waals surface area contributed by atoms with Crippen molar-refractivity contribution in [3.8, 4) is 0 Å². The van der Waals surface area contributed by atoms with E-state index in [0.717, 1.165) is 6.07 Å². The van der Waals surface area contributed by atoms with Crippen molar-refractivity contribution in [1.29, 1.82) is 0 Å². The lowest BCUT2D eigenvalue weighted by Crippen LogP contribution is -2.49. The van der Waals surface area contributed by atoms with Crippen LogP contribution in [0.5, 0.6) is 0 Å². The van der Waals surface area contributed by atoms with Crippen LogP contribution in [0.4, 0.5) is 13.2 Å². The minimum absolute atomic E-state index is 0.00665. The zero-order valence-corrected chi connectivity index (χ0v) is 14.7. The Morgan fingerprint density at radius 2 is 1.74 bits per heavy atom. The van der Waals surface area contributed by atoms with E-state index in [1.165, 1.54) is 22.8 Å². The molecule has 0 atom stereocenters. The van der Waals surface area contributed by atoms with Gasteiger partial charge >= 0.3 is 6.18 Å². The average Bonchev–Trinajstić information content (AvgIpc) is 2.64. The van der Waals surface area contributed by atoms with E-state index < -0.39 is 11.7 Å². The van der Waals surface area contributed by atoms with E-state index in [-0.39, 0.29) is 18.0 Å². The number of halogens is 3. The van der Waals surface area contributed by atoms with E-state index in [4.69, 9.17) is 0 Å². The summed E-state index contributed by atoms with van der Waals surface area (Å²) in [5.41, 5.74) is -0.281. The van der Waals surface area contributed by atoms with Gasteiger partial charge in [-0.25, -0.2) is 0 Å². The smallest absolute Gasteiger partial charge is 0.339 e. The molecule has 0 spiro atoms. The standard InChI is InChI=1S/C19H20F3N3O2/c20-19(21,22)16-5-3-4-15(12-16)13-23-8-10-24(11-9-23)18(27)14-25-7-2-1-6-17(25)26/h1-7,12H,8-11,13-14H2. The third-order valence-electron chi connectivity index (χ3n) is 4.59. The number of alkyl halides is 3. The fraction of sp³-hybridized carbons (Fsp3) is 0.368. The molecule has 0 aliphatic carbocycles. The predicted octanol–water partition coefficient (Wildman–Crippen LogP) is 2.21. The molecule has 3 rings (SSSR count). The fourth-order valence-electron chi connectivity index (χ4n) is 3.10. The maximum atomic E-state index is 12.8. The normalized spacial score (nSPS) is 15.7. The molecule has 5 nitrogen and oxygen atoms in total. The maximum Gasteiger partial charge on any atom is 0.416 e. The second kappa shape index (κ2) is 7.96. The summed E-state index contributed by atoms with van der Waals surface area (Å²) in [5, 5.41) is 0. The molecule has 0 saturated carbocycles. The Kier molecular flexibility index (Phi) is 5.65. The van der Waals surface area contributed by atoms with Crippen LogP contribution in [0.25, 0.3) is 0 Å². The predicted molar refractivity (Wildman–Crippen MR) is 94.0 cm³/mol. The van der Waals surface area contributed by atoms with Gasteiger partial charge in [-0.15, -0.1) is 0 Å². The highest BCUT2D eigenvalue weighted by atomic mass is 19.4. The van der Waals surface area contributed by atoms with Crippen molar-refractivity contribution in [3.63, 3.8) is 0 Å². The van der Waals surface area contributed by atoms with Gasteiger partial charge in [0.2, 0.25) is 5.91 Å². The van der Waals surface area contributed by atoms with Gasteiger partial charge in [0.05, 0.1) is 5.56 Å². The molecule has 1 aromatic carbocycles. The summed E-state index contributed by atoms with van der Waals surface area (Å²) >= 11 is 0. The van der Waals surface area contributed by atoms with Crippen molar-refractivity contribution in [2.75, 3.05) is 26.2 Å². The number of rotatable bonds is 4. The number of pyridine rings is 1. The van der Waals surface area contributed by atoms with Crippen LogP contribution >= 0.6 is 0 Å². The Morgan fingerprint density at radius 1 is 1.00 bits per heavy atom. The number of benzene rings is 1. The lowest BCUT2D eigenvalue weighted by Gasteiger charge is -2.35. The SMILES string of the molecule is O=C(Cn1ccccc1=O)N1CCN(Cc2cccc(C(F)(F)F)c2)CC1. The van der Waals surface area contributed by atoms with Crippen LogP contribution in [0.15, 0.2) is 53.5 Å². The molecule has 1 fully saturated rings. The largest absolute Gasteiger partial charge is 0.416 e. The third kappa shape index (κ3) is 4.97. The molecule has 1 amide bonds. The number of hydrogen-bond donors (Lipinski definition) is 0. The van der Waals surface area contributed by atoms with Gasteiger partial charge in [0.1, 0.15) is 6.54 Å². The zero-order chi connectivity index (χ0) is 19.4. The lowest BCUT2D eigenvalue weighted by atomic mass is 10.1. The minimum Gasteiger partial charge on any atom is -0.339 e. The Balaban J connectivity index is 1.54. The highest BCUT2D eigenvalue weighted by Gasteiger charge is 2.30. The van der Waals surface area contributed by atoms with E-state index in [2.05, 4.69) is 0 Å².